The van der Waals surface area contributed by atoms with E-state index in [-0.39, 0.29) is 16.8 Å². The van der Waals surface area contributed by atoms with Crippen molar-refractivity contribution in [3.63, 3.8) is 0 Å². The maximum atomic E-state index is 13.2. The zero-order chi connectivity index (χ0) is 21.9. The van der Waals surface area contributed by atoms with Gasteiger partial charge in [-0.25, -0.2) is 8.42 Å². The van der Waals surface area contributed by atoms with Crippen molar-refractivity contribution in [3.8, 4) is 0 Å². The summed E-state index contributed by atoms with van der Waals surface area (Å²) in [6.07, 6.45) is 2.04. The summed E-state index contributed by atoms with van der Waals surface area (Å²) in [4.78, 5) is 15.3. The number of hydrogen-bond donors (Lipinski definition) is 0. The first-order valence-corrected chi connectivity index (χ1v) is 12.2. The Bertz CT molecular complexity index is 959. The Hall–Kier alpha value is -2.18. The van der Waals surface area contributed by atoms with Crippen LogP contribution in [0.4, 0.5) is 0 Å². The number of carbonyl (C=O) groups excluding carboxylic acids is 1. The van der Waals surface area contributed by atoms with E-state index in [1.807, 2.05) is 18.7 Å². The maximum Gasteiger partial charge on any atom is 0.254 e. The summed E-state index contributed by atoms with van der Waals surface area (Å²) >= 11 is 0. The second-order valence-corrected chi connectivity index (χ2v) is 10.1. The Morgan fingerprint density at radius 2 is 1.53 bits per heavy atom. The van der Waals surface area contributed by atoms with Crippen molar-refractivity contribution in [1.29, 1.82) is 0 Å². The zero-order valence-corrected chi connectivity index (χ0v) is 19.2. The molecule has 30 heavy (non-hydrogen) atoms. The number of carbonyl (C=O) groups is 1. The molecule has 3 rings (SSSR count). The van der Waals surface area contributed by atoms with E-state index in [2.05, 4.69) is 38.1 Å². The molecule has 0 aromatic heterocycles. The van der Waals surface area contributed by atoms with Crippen LogP contribution in [-0.2, 0) is 16.6 Å². The third kappa shape index (κ3) is 4.93. The monoisotopic (exact) mass is 428 g/mol. The summed E-state index contributed by atoms with van der Waals surface area (Å²) in [6, 6.07) is 15.1. The number of hydrogen-bond acceptors (Lipinski definition) is 3. The summed E-state index contributed by atoms with van der Waals surface area (Å²) in [7, 11) is -3.52. The van der Waals surface area contributed by atoms with Gasteiger partial charge >= 0.3 is 0 Å². The molecule has 0 N–H and O–H groups in total. The van der Waals surface area contributed by atoms with E-state index in [4.69, 9.17) is 0 Å². The standard InChI is InChI=1S/C24H32N2O3S/c1-5-25(6-2)30(28,29)23-15-11-21(12-16-23)24(27)26(22-13-14-22)17-19-7-9-20(10-8-19)18(3)4/h7-12,15-16,18,22H,5-6,13-14,17H2,1-4H3. The Balaban J connectivity index is 1.78. The molecule has 1 aliphatic carbocycles. The second-order valence-electron chi connectivity index (χ2n) is 8.17. The molecule has 162 valence electrons. The van der Waals surface area contributed by atoms with Crippen LogP contribution < -0.4 is 0 Å². The van der Waals surface area contributed by atoms with Gasteiger partial charge in [0.25, 0.3) is 5.91 Å². The highest BCUT2D eigenvalue weighted by atomic mass is 32.2. The number of amides is 1. The Morgan fingerprint density at radius 1 is 0.967 bits per heavy atom. The second kappa shape index (κ2) is 9.31. The summed E-state index contributed by atoms with van der Waals surface area (Å²) in [5, 5.41) is 0. The van der Waals surface area contributed by atoms with Gasteiger partial charge in [0.1, 0.15) is 0 Å². The zero-order valence-electron chi connectivity index (χ0n) is 18.3. The van der Waals surface area contributed by atoms with E-state index in [0.717, 1.165) is 18.4 Å². The van der Waals surface area contributed by atoms with Gasteiger partial charge in [0, 0.05) is 31.2 Å². The molecule has 2 aromatic rings. The van der Waals surface area contributed by atoms with Crippen molar-refractivity contribution in [2.75, 3.05) is 13.1 Å². The van der Waals surface area contributed by atoms with Crippen LogP contribution in [0.2, 0.25) is 0 Å². The molecule has 0 heterocycles. The molecule has 0 aliphatic heterocycles. The van der Waals surface area contributed by atoms with Crippen molar-refractivity contribution < 1.29 is 13.2 Å². The summed E-state index contributed by atoms with van der Waals surface area (Å²) < 4.78 is 26.8. The van der Waals surface area contributed by atoms with Crippen LogP contribution in [0.3, 0.4) is 0 Å². The first-order chi connectivity index (χ1) is 14.3. The Labute approximate surface area is 180 Å². The van der Waals surface area contributed by atoms with Gasteiger partial charge in [0.2, 0.25) is 10.0 Å². The minimum Gasteiger partial charge on any atom is -0.331 e. The van der Waals surface area contributed by atoms with Crippen LogP contribution in [0.25, 0.3) is 0 Å². The van der Waals surface area contributed by atoms with Crippen LogP contribution in [0.15, 0.2) is 53.4 Å². The molecule has 6 heteroatoms. The van der Waals surface area contributed by atoms with Gasteiger partial charge < -0.3 is 4.90 Å². The lowest BCUT2D eigenvalue weighted by molar-refractivity contribution is 0.0730. The van der Waals surface area contributed by atoms with Gasteiger partial charge in [-0.2, -0.15) is 4.31 Å². The number of sulfonamides is 1. The van der Waals surface area contributed by atoms with Crippen LogP contribution in [0.1, 0.15) is 67.9 Å². The molecule has 0 unspecified atom stereocenters. The van der Waals surface area contributed by atoms with Crippen molar-refractivity contribution in [3.05, 3.63) is 65.2 Å². The van der Waals surface area contributed by atoms with Gasteiger partial charge in [-0.15, -0.1) is 0 Å². The van der Waals surface area contributed by atoms with Crippen LogP contribution in [0.5, 0.6) is 0 Å². The summed E-state index contributed by atoms with van der Waals surface area (Å²) in [6.45, 7) is 9.38. The number of rotatable bonds is 9. The Kier molecular flexibility index (Phi) is 6.98. The highest BCUT2D eigenvalue weighted by Crippen LogP contribution is 2.30. The minimum absolute atomic E-state index is 0.0442. The number of benzene rings is 2. The van der Waals surface area contributed by atoms with Gasteiger partial charge in [-0.05, 0) is 54.2 Å². The van der Waals surface area contributed by atoms with Crippen molar-refractivity contribution in [2.24, 2.45) is 0 Å². The first-order valence-electron chi connectivity index (χ1n) is 10.8. The van der Waals surface area contributed by atoms with Crippen molar-refractivity contribution in [1.82, 2.24) is 9.21 Å². The molecular formula is C24H32N2O3S. The lowest BCUT2D eigenvalue weighted by Gasteiger charge is -2.23. The molecule has 1 fully saturated rings. The molecule has 0 spiro atoms. The molecule has 2 aromatic carbocycles. The average molecular weight is 429 g/mol. The van der Waals surface area contributed by atoms with E-state index in [1.54, 1.807) is 24.3 Å². The van der Waals surface area contributed by atoms with Crippen LogP contribution >= 0.6 is 0 Å². The molecule has 5 nitrogen and oxygen atoms in total. The lowest BCUT2D eigenvalue weighted by atomic mass is 10.0. The minimum atomic E-state index is -3.52. The van der Waals surface area contributed by atoms with Crippen LogP contribution in [0, 0.1) is 0 Å². The van der Waals surface area contributed by atoms with Crippen molar-refractivity contribution >= 4 is 15.9 Å². The van der Waals surface area contributed by atoms with Gasteiger partial charge in [0.05, 0.1) is 4.90 Å². The fourth-order valence-corrected chi connectivity index (χ4v) is 5.06. The van der Waals surface area contributed by atoms with Gasteiger partial charge in [-0.1, -0.05) is 52.0 Å². The highest BCUT2D eigenvalue weighted by molar-refractivity contribution is 7.89. The SMILES string of the molecule is CCN(CC)S(=O)(=O)c1ccc(C(=O)N(Cc2ccc(C(C)C)cc2)C2CC2)cc1. The maximum absolute atomic E-state index is 13.2. The predicted molar refractivity (Wildman–Crippen MR) is 120 cm³/mol. The summed E-state index contributed by atoms with van der Waals surface area (Å²) in [5.41, 5.74) is 2.92. The fraction of sp³-hybridized carbons (Fsp3) is 0.458. The third-order valence-corrected chi connectivity index (χ3v) is 7.76. The normalized spacial score (nSPS) is 14.3. The summed E-state index contributed by atoms with van der Waals surface area (Å²) in [5.74, 6) is 0.434. The van der Waals surface area contributed by atoms with E-state index in [9.17, 15) is 13.2 Å². The third-order valence-electron chi connectivity index (χ3n) is 5.69. The average Bonchev–Trinajstić information content (AvgIpc) is 3.58. The van der Waals surface area contributed by atoms with Gasteiger partial charge in [-0.3, -0.25) is 4.79 Å². The molecule has 0 saturated heterocycles. The van der Waals surface area contributed by atoms with Crippen molar-refractivity contribution in [2.45, 2.75) is 63.9 Å². The van der Waals surface area contributed by atoms with E-state index in [0.29, 0.717) is 31.1 Å². The van der Waals surface area contributed by atoms with Crippen LogP contribution in [-0.4, -0.2) is 42.7 Å². The molecule has 0 bridgehead atoms. The Morgan fingerprint density at radius 3 is 2.00 bits per heavy atom. The lowest BCUT2D eigenvalue weighted by Crippen LogP contribution is -2.33. The van der Waals surface area contributed by atoms with Gasteiger partial charge in [0.15, 0.2) is 0 Å². The smallest absolute Gasteiger partial charge is 0.254 e. The molecule has 1 saturated carbocycles. The highest BCUT2D eigenvalue weighted by Gasteiger charge is 2.33. The largest absolute Gasteiger partial charge is 0.331 e. The molecule has 0 atom stereocenters. The number of nitrogens with zero attached hydrogens (tertiary/aromatic N) is 2. The van der Waals surface area contributed by atoms with E-state index in [1.165, 1.54) is 9.87 Å². The molecule has 0 radical (unpaired) electrons. The van der Waals surface area contributed by atoms with E-state index >= 15 is 0 Å². The molecule has 1 aliphatic rings. The molecular weight excluding hydrogens is 396 g/mol. The topological polar surface area (TPSA) is 57.7 Å². The quantitative estimate of drug-likeness (QED) is 0.584. The molecule has 1 amide bonds. The fourth-order valence-electron chi connectivity index (χ4n) is 3.61. The predicted octanol–water partition coefficient (Wildman–Crippen LogP) is 4.65. The van der Waals surface area contributed by atoms with E-state index < -0.39 is 10.0 Å². The first kappa shape index (κ1) is 22.5.